The standard InChI is InChI=1S/C7H8F3N5O3/c8-7(9,10)4(16)2-12-5-3(15(17)18)1-13-6(11)14-5/h1,4,16H,2H2,(H3,11,12,13,14). The number of nitrogen functional groups attached to an aromatic ring is 1. The van der Waals surface area contributed by atoms with Crippen LogP contribution < -0.4 is 11.1 Å². The molecule has 0 saturated carbocycles. The van der Waals surface area contributed by atoms with E-state index in [1.807, 2.05) is 5.32 Å². The van der Waals surface area contributed by atoms with Gasteiger partial charge in [-0.1, -0.05) is 0 Å². The number of alkyl halides is 3. The maximum Gasteiger partial charge on any atom is 0.416 e. The number of hydrogen-bond acceptors (Lipinski definition) is 7. The average Bonchev–Trinajstić information content (AvgIpc) is 2.24. The van der Waals surface area contributed by atoms with Crippen LogP contribution in [0, 0.1) is 10.1 Å². The summed E-state index contributed by atoms with van der Waals surface area (Å²) in [6.45, 7) is -0.985. The fourth-order valence-corrected chi connectivity index (χ4v) is 0.962. The molecule has 0 aliphatic rings. The normalized spacial score (nSPS) is 13.1. The van der Waals surface area contributed by atoms with Gasteiger partial charge in [-0.15, -0.1) is 0 Å². The van der Waals surface area contributed by atoms with E-state index in [4.69, 9.17) is 10.8 Å². The van der Waals surface area contributed by atoms with Crippen LogP contribution in [0.5, 0.6) is 0 Å². The first-order valence-corrected chi connectivity index (χ1v) is 4.47. The minimum absolute atomic E-state index is 0.343. The Morgan fingerprint density at radius 2 is 2.22 bits per heavy atom. The van der Waals surface area contributed by atoms with Crippen LogP contribution in [0.25, 0.3) is 0 Å². The summed E-state index contributed by atoms with van der Waals surface area (Å²) in [6, 6.07) is 0. The number of hydrogen-bond donors (Lipinski definition) is 3. The van der Waals surface area contributed by atoms with Crippen molar-refractivity contribution in [1.29, 1.82) is 0 Å². The van der Waals surface area contributed by atoms with E-state index >= 15 is 0 Å². The third-order valence-electron chi connectivity index (χ3n) is 1.83. The SMILES string of the molecule is Nc1ncc([N+](=O)[O-])c(NCC(O)C(F)(F)F)n1. The number of nitrogens with one attached hydrogen (secondary N) is 1. The first-order valence-electron chi connectivity index (χ1n) is 4.47. The Morgan fingerprint density at radius 1 is 1.61 bits per heavy atom. The van der Waals surface area contributed by atoms with Crippen molar-refractivity contribution in [3.05, 3.63) is 16.3 Å². The summed E-state index contributed by atoms with van der Waals surface area (Å²) in [6.07, 6.45) is -6.75. The van der Waals surface area contributed by atoms with E-state index in [-0.39, 0.29) is 5.95 Å². The van der Waals surface area contributed by atoms with Crippen molar-refractivity contribution in [1.82, 2.24) is 9.97 Å². The van der Waals surface area contributed by atoms with Crippen LogP contribution in [0.15, 0.2) is 6.20 Å². The number of anilines is 2. The molecule has 18 heavy (non-hydrogen) atoms. The predicted molar refractivity (Wildman–Crippen MR) is 53.7 cm³/mol. The van der Waals surface area contributed by atoms with Gasteiger partial charge in [-0.3, -0.25) is 10.1 Å². The summed E-state index contributed by atoms with van der Waals surface area (Å²) >= 11 is 0. The van der Waals surface area contributed by atoms with Crippen LogP contribution in [-0.4, -0.2) is 38.8 Å². The molecule has 1 atom stereocenters. The number of nitrogens with zero attached hydrogens (tertiary/aromatic N) is 3. The lowest BCUT2D eigenvalue weighted by Crippen LogP contribution is -2.35. The monoisotopic (exact) mass is 267 g/mol. The highest BCUT2D eigenvalue weighted by Gasteiger charge is 2.38. The number of aromatic nitrogens is 2. The summed E-state index contributed by atoms with van der Waals surface area (Å²) in [7, 11) is 0. The van der Waals surface area contributed by atoms with Crippen LogP contribution in [0.2, 0.25) is 0 Å². The summed E-state index contributed by atoms with van der Waals surface area (Å²) < 4.78 is 36.0. The van der Waals surface area contributed by atoms with Gasteiger partial charge in [-0.25, -0.2) is 4.98 Å². The number of aliphatic hydroxyl groups excluding tert-OH is 1. The molecule has 11 heteroatoms. The highest BCUT2D eigenvalue weighted by Crippen LogP contribution is 2.23. The van der Waals surface area contributed by atoms with Crippen LogP contribution >= 0.6 is 0 Å². The summed E-state index contributed by atoms with van der Waals surface area (Å²) in [5, 5.41) is 21.2. The Balaban J connectivity index is 2.84. The molecule has 0 radical (unpaired) electrons. The van der Waals surface area contributed by atoms with Crippen molar-refractivity contribution in [3.63, 3.8) is 0 Å². The second-order valence-corrected chi connectivity index (χ2v) is 3.16. The van der Waals surface area contributed by atoms with Crippen molar-refractivity contribution in [2.75, 3.05) is 17.6 Å². The van der Waals surface area contributed by atoms with Crippen molar-refractivity contribution < 1.29 is 23.2 Å². The van der Waals surface area contributed by atoms with Gasteiger partial charge in [0.25, 0.3) is 0 Å². The smallest absolute Gasteiger partial charge is 0.382 e. The summed E-state index contributed by atoms with van der Waals surface area (Å²) in [5.41, 5.74) is 4.51. The van der Waals surface area contributed by atoms with Gasteiger partial charge in [-0.05, 0) is 0 Å². The topological polar surface area (TPSA) is 127 Å². The van der Waals surface area contributed by atoms with Crippen molar-refractivity contribution in [3.8, 4) is 0 Å². The Hall–Kier alpha value is -2.17. The third kappa shape index (κ3) is 3.41. The van der Waals surface area contributed by atoms with E-state index in [2.05, 4.69) is 9.97 Å². The van der Waals surface area contributed by atoms with Gasteiger partial charge in [0.1, 0.15) is 6.20 Å². The molecule has 100 valence electrons. The fraction of sp³-hybridized carbons (Fsp3) is 0.429. The van der Waals surface area contributed by atoms with E-state index in [0.717, 1.165) is 6.20 Å². The Labute approximate surface area is 97.8 Å². The zero-order chi connectivity index (χ0) is 13.9. The molecular weight excluding hydrogens is 259 g/mol. The molecule has 0 aliphatic heterocycles. The summed E-state index contributed by atoms with van der Waals surface area (Å²) in [4.78, 5) is 16.4. The molecular formula is C7H8F3N5O3. The molecule has 0 aromatic carbocycles. The van der Waals surface area contributed by atoms with E-state index in [0.29, 0.717) is 0 Å². The second kappa shape index (κ2) is 5.00. The Morgan fingerprint density at radius 3 is 2.72 bits per heavy atom. The van der Waals surface area contributed by atoms with E-state index < -0.39 is 35.3 Å². The zero-order valence-electron chi connectivity index (χ0n) is 8.68. The largest absolute Gasteiger partial charge is 0.416 e. The van der Waals surface area contributed by atoms with Crippen molar-refractivity contribution in [2.24, 2.45) is 0 Å². The van der Waals surface area contributed by atoms with Crippen LogP contribution in [0.1, 0.15) is 0 Å². The van der Waals surface area contributed by atoms with Crippen LogP contribution in [0.3, 0.4) is 0 Å². The fourth-order valence-electron chi connectivity index (χ4n) is 0.962. The minimum Gasteiger partial charge on any atom is -0.382 e. The number of nitrogens with two attached hydrogens (primary N) is 1. The first kappa shape index (κ1) is 13.9. The van der Waals surface area contributed by atoms with E-state index in [1.165, 1.54) is 0 Å². The maximum atomic E-state index is 12.0. The summed E-state index contributed by atoms with van der Waals surface area (Å²) in [5.74, 6) is -0.833. The number of rotatable bonds is 4. The Bertz CT molecular complexity index is 452. The molecule has 0 saturated heterocycles. The highest BCUT2D eigenvalue weighted by molar-refractivity contribution is 5.56. The van der Waals surface area contributed by atoms with Crippen LogP contribution in [0.4, 0.5) is 30.6 Å². The zero-order valence-corrected chi connectivity index (χ0v) is 8.68. The van der Waals surface area contributed by atoms with Gasteiger partial charge in [0.05, 0.1) is 11.5 Å². The number of halogens is 3. The molecule has 0 bridgehead atoms. The molecule has 1 heterocycles. The predicted octanol–water partition coefficient (Wildman–Crippen LogP) is 0.302. The quantitative estimate of drug-likeness (QED) is 0.528. The maximum absolute atomic E-state index is 12.0. The molecule has 4 N–H and O–H groups in total. The molecule has 0 aliphatic carbocycles. The first-order chi connectivity index (χ1) is 8.21. The molecule has 1 rings (SSSR count). The molecule has 8 nitrogen and oxygen atoms in total. The number of nitro groups is 1. The minimum atomic E-state index is -4.83. The van der Waals surface area contributed by atoms with Crippen LogP contribution in [-0.2, 0) is 0 Å². The highest BCUT2D eigenvalue weighted by atomic mass is 19.4. The third-order valence-corrected chi connectivity index (χ3v) is 1.83. The van der Waals surface area contributed by atoms with Gasteiger partial charge < -0.3 is 16.2 Å². The van der Waals surface area contributed by atoms with E-state index in [9.17, 15) is 23.3 Å². The van der Waals surface area contributed by atoms with Crippen molar-refractivity contribution in [2.45, 2.75) is 12.3 Å². The molecule has 0 amide bonds. The van der Waals surface area contributed by atoms with Gasteiger partial charge in [0, 0.05) is 0 Å². The lowest BCUT2D eigenvalue weighted by Gasteiger charge is -2.15. The molecule has 1 aromatic rings. The van der Waals surface area contributed by atoms with Crippen molar-refractivity contribution >= 4 is 17.5 Å². The van der Waals surface area contributed by atoms with Gasteiger partial charge >= 0.3 is 11.9 Å². The van der Waals surface area contributed by atoms with Gasteiger partial charge in [0.2, 0.25) is 11.8 Å². The lowest BCUT2D eigenvalue weighted by molar-refractivity contribution is -0.384. The van der Waals surface area contributed by atoms with Gasteiger partial charge in [-0.2, -0.15) is 18.2 Å². The number of aliphatic hydroxyl groups is 1. The molecule has 0 spiro atoms. The molecule has 1 aromatic heterocycles. The average molecular weight is 267 g/mol. The van der Waals surface area contributed by atoms with E-state index in [1.54, 1.807) is 0 Å². The second-order valence-electron chi connectivity index (χ2n) is 3.16. The lowest BCUT2D eigenvalue weighted by atomic mass is 10.3. The molecule has 0 fully saturated rings. The van der Waals surface area contributed by atoms with Gasteiger partial charge in [0.15, 0.2) is 6.10 Å². The Kier molecular flexibility index (Phi) is 3.86. The molecule has 1 unspecified atom stereocenters.